The molecular weight excluding hydrogens is 372 g/mol. The van der Waals surface area contributed by atoms with E-state index in [1.165, 1.54) is 6.92 Å². The van der Waals surface area contributed by atoms with E-state index in [1.54, 1.807) is 20.8 Å². The molecule has 5 rings (SSSR count). The first kappa shape index (κ1) is 18.7. The van der Waals surface area contributed by atoms with Crippen molar-refractivity contribution in [2.24, 2.45) is 23.2 Å². The summed E-state index contributed by atoms with van der Waals surface area (Å²) in [5.74, 6) is -4.18. The smallest absolute Gasteiger partial charge is 0.313 e. The summed E-state index contributed by atoms with van der Waals surface area (Å²) in [7, 11) is 0. The second-order valence-electron chi connectivity index (χ2n) is 9.83. The Labute approximate surface area is 161 Å². The fraction of sp³-hybridized carbons (Fsp3) is 0.895. The van der Waals surface area contributed by atoms with Gasteiger partial charge in [-0.2, -0.15) is 0 Å². The van der Waals surface area contributed by atoms with E-state index in [0.29, 0.717) is 0 Å². The first-order valence-electron chi connectivity index (χ1n) is 9.72. The lowest BCUT2D eigenvalue weighted by Gasteiger charge is -2.58. The number of rotatable bonds is 1. The second kappa shape index (κ2) is 4.89. The van der Waals surface area contributed by atoms with Gasteiger partial charge in [0.25, 0.3) is 0 Å². The molecule has 1 spiro atoms. The summed E-state index contributed by atoms with van der Waals surface area (Å²) in [5, 5.41) is 44.1. The molecule has 2 aliphatic carbocycles. The standard InChI is InChI=1S/C19H26O9/c1-6(20)7-5-18(28-14(7)23)13-11(22)19(25)9-8(16(2,3)27-15(9)24)10(21)12(26-13)17(18,19)4/h6-13,20-22,25H,5H2,1-4H3/t6?,7?,8-,9+,10+,11-,12+,13-,17-,18+,19-/m0/s1. The highest BCUT2D eigenvalue weighted by Crippen LogP contribution is 2.74. The minimum absolute atomic E-state index is 0.0169. The van der Waals surface area contributed by atoms with Crippen molar-refractivity contribution in [2.75, 3.05) is 0 Å². The van der Waals surface area contributed by atoms with Crippen LogP contribution in [0.3, 0.4) is 0 Å². The average Bonchev–Trinajstić information content (AvgIpc) is 3.17. The summed E-state index contributed by atoms with van der Waals surface area (Å²) in [6, 6.07) is 0. The molecule has 0 radical (unpaired) electrons. The van der Waals surface area contributed by atoms with E-state index in [-0.39, 0.29) is 6.42 Å². The molecule has 3 heterocycles. The van der Waals surface area contributed by atoms with Crippen LogP contribution in [0.1, 0.15) is 34.1 Å². The van der Waals surface area contributed by atoms with E-state index in [0.717, 1.165) is 0 Å². The number of cyclic esters (lactones) is 1. The number of carbonyl (C=O) groups excluding carboxylic acids is 2. The van der Waals surface area contributed by atoms with Crippen LogP contribution < -0.4 is 0 Å². The topological polar surface area (TPSA) is 143 Å². The lowest BCUT2D eigenvalue weighted by molar-refractivity contribution is -0.297. The average molecular weight is 398 g/mol. The number of carbonyl (C=O) groups is 2. The molecule has 3 aliphatic heterocycles. The van der Waals surface area contributed by atoms with E-state index in [9.17, 15) is 30.0 Å². The van der Waals surface area contributed by atoms with Crippen molar-refractivity contribution in [2.45, 2.75) is 81.4 Å². The Hall–Kier alpha value is -1.26. The van der Waals surface area contributed by atoms with Gasteiger partial charge < -0.3 is 34.6 Å². The zero-order valence-electron chi connectivity index (χ0n) is 16.2. The van der Waals surface area contributed by atoms with Crippen LogP contribution in [0.2, 0.25) is 0 Å². The van der Waals surface area contributed by atoms with Crippen LogP contribution in [0.5, 0.6) is 0 Å². The molecule has 4 N–H and O–H groups in total. The molecule has 2 unspecified atom stereocenters. The second-order valence-corrected chi connectivity index (χ2v) is 9.83. The van der Waals surface area contributed by atoms with E-state index < -0.39 is 82.4 Å². The Balaban J connectivity index is 1.70. The van der Waals surface area contributed by atoms with Gasteiger partial charge in [0.05, 0.1) is 35.6 Å². The Kier molecular flexibility index (Phi) is 3.28. The highest BCUT2D eigenvalue weighted by atomic mass is 16.6. The number of aliphatic hydroxyl groups is 4. The third kappa shape index (κ3) is 1.59. The lowest BCUT2D eigenvalue weighted by Crippen LogP contribution is -2.75. The van der Waals surface area contributed by atoms with Crippen LogP contribution in [-0.4, -0.2) is 79.7 Å². The molecule has 5 fully saturated rings. The van der Waals surface area contributed by atoms with Crippen molar-refractivity contribution in [3.63, 3.8) is 0 Å². The largest absolute Gasteiger partial charge is 0.459 e. The molecule has 0 amide bonds. The van der Waals surface area contributed by atoms with Crippen LogP contribution >= 0.6 is 0 Å². The molecule has 9 nitrogen and oxygen atoms in total. The van der Waals surface area contributed by atoms with E-state index >= 15 is 0 Å². The van der Waals surface area contributed by atoms with E-state index in [2.05, 4.69) is 0 Å². The van der Waals surface area contributed by atoms with Crippen LogP contribution in [0.4, 0.5) is 0 Å². The molecule has 2 bridgehead atoms. The van der Waals surface area contributed by atoms with Gasteiger partial charge in [-0.15, -0.1) is 0 Å². The van der Waals surface area contributed by atoms with Crippen molar-refractivity contribution < 1.29 is 44.2 Å². The number of hydrogen-bond donors (Lipinski definition) is 4. The number of fused-ring (bicyclic) bond motifs is 2. The number of hydrogen-bond acceptors (Lipinski definition) is 9. The summed E-state index contributed by atoms with van der Waals surface area (Å²) < 4.78 is 17.2. The minimum atomic E-state index is -2.01. The SMILES string of the molecule is CC(O)C1C[C@@]2(OC1=O)[C@H]1O[C@@H]3[C@H](O)[C@@H]4[C@H](C(=O)OC4(C)C)[C@](O)([C@H]1O)[C@@]32C. The molecule has 28 heavy (non-hydrogen) atoms. The van der Waals surface area contributed by atoms with Gasteiger partial charge in [-0.1, -0.05) is 6.92 Å². The molecule has 0 aromatic carbocycles. The predicted octanol–water partition coefficient (Wildman–Crippen LogP) is -1.51. The Morgan fingerprint density at radius 2 is 1.71 bits per heavy atom. The summed E-state index contributed by atoms with van der Waals surface area (Å²) in [4.78, 5) is 25.3. The molecule has 9 heteroatoms. The maximum Gasteiger partial charge on any atom is 0.313 e. The van der Waals surface area contributed by atoms with Crippen molar-refractivity contribution in [3.8, 4) is 0 Å². The van der Waals surface area contributed by atoms with Crippen molar-refractivity contribution in [1.29, 1.82) is 0 Å². The summed E-state index contributed by atoms with van der Waals surface area (Å²) in [6.45, 7) is 6.36. The van der Waals surface area contributed by atoms with Crippen LogP contribution in [0.15, 0.2) is 0 Å². The third-order valence-corrected chi connectivity index (χ3v) is 8.39. The maximum atomic E-state index is 12.8. The predicted molar refractivity (Wildman–Crippen MR) is 89.5 cm³/mol. The quantitative estimate of drug-likeness (QED) is 0.388. The van der Waals surface area contributed by atoms with Gasteiger partial charge in [-0.05, 0) is 20.8 Å². The zero-order valence-corrected chi connectivity index (χ0v) is 16.2. The van der Waals surface area contributed by atoms with Crippen molar-refractivity contribution >= 4 is 11.9 Å². The van der Waals surface area contributed by atoms with Crippen molar-refractivity contribution in [1.82, 2.24) is 0 Å². The van der Waals surface area contributed by atoms with Crippen molar-refractivity contribution in [3.05, 3.63) is 0 Å². The van der Waals surface area contributed by atoms with Gasteiger partial charge in [-0.25, -0.2) is 0 Å². The molecule has 156 valence electrons. The number of aliphatic hydroxyl groups excluding tert-OH is 3. The number of ether oxygens (including phenoxy) is 3. The highest BCUT2D eigenvalue weighted by Gasteiger charge is 2.92. The highest BCUT2D eigenvalue weighted by molar-refractivity contribution is 5.80. The fourth-order valence-corrected chi connectivity index (χ4v) is 7.06. The molecule has 5 aliphatic rings. The summed E-state index contributed by atoms with van der Waals surface area (Å²) >= 11 is 0. The van der Waals surface area contributed by atoms with Gasteiger partial charge in [-0.3, -0.25) is 9.59 Å². The van der Waals surface area contributed by atoms with Gasteiger partial charge in [0.2, 0.25) is 0 Å². The van der Waals surface area contributed by atoms with Gasteiger partial charge >= 0.3 is 11.9 Å². The Morgan fingerprint density at radius 3 is 2.29 bits per heavy atom. The third-order valence-electron chi connectivity index (χ3n) is 8.39. The van der Waals surface area contributed by atoms with E-state index in [4.69, 9.17) is 14.2 Å². The Bertz CT molecular complexity index is 779. The first-order chi connectivity index (χ1) is 12.8. The fourth-order valence-electron chi connectivity index (χ4n) is 7.06. The normalized spacial score (nSPS) is 59.4. The monoisotopic (exact) mass is 398 g/mol. The zero-order chi connectivity index (χ0) is 20.6. The molecule has 2 saturated carbocycles. The van der Waals surface area contributed by atoms with Gasteiger partial charge in [0.1, 0.15) is 23.4 Å². The summed E-state index contributed by atoms with van der Waals surface area (Å²) in [5.41, 5.74) is -5.98. The van der Waals surface area contributed by atoms with E-state index in [1.807, 2.05) is 0 Å². The minimum Gasteiger partial charge on any atom is -0.459 e. The van der Waals surface area contributed by atoms with Gasteiger partial charge in [0, 0.05) is 12.3 Å². The summed E-state index contributed by atoms with van der Waals surface area (Å²) in [6.07, 6.45) is -5.75. The molecule has 0 aromatic heterocycles. The number of esters is 2. The molecule has 11 atom stereocenters. The van der Waals surface area contributed by atoms with Gasteiger partial charge in [0.15, 0.2) is 5.60 Å². The van der Waals surface area contributed by atoms with Crippen LogP contribution in [0, 0.1) is 23.2 Å². The van der Waals surface area contributed by atoms with Crippen LogP contribution in [0.25, 0.3) is 0 Å². The first-order valence-corrected chi connectivity index (χ1v) is 9.72. The Morgan fingerprint density at radius 1 is 1.07 bits per heavy atom. The molecule has 0 aromatic rings. The lowest BCUT2D eigenvalue weighted by atomic mass is 9.50. The van der Waals surface area contributed by atoms with Crippen LogP contribution in [-0.2, 0) is 23.8 Å². The molecule has 3 saturated heterocycles. The maximum absolute atomic E-state index is 12.8. The molecular formula is C19H26O9.